The fourth-order valence-corrected chi connectivity index (χ4v) is 2.07. The van der Waals surface area contributed by atoms with Gasteiger partial charge in [0.2, 0.25) is 0 Å². The van der Waals surface area contributed by atoms with E-state index in [0.29, 0.717) is 6.54 Å². The predicted molar refractivity (Wildman–Crippen MR) is 74.8 cm³/mol. The molecule has 0 saturated heterocycles. The zero-order valence-electron chi connectivity index (χ0n) is 10.2. The minimum Gasteiger partial charge on any atom is -0.504 e. The van der Waals surface area contributed by atoms with Crippen LogP contribution in [0.1, 0.15) is 5.56 Å². The lowest BCUT2D eigenvalue weighted by atomic mass is 10.2. The van der Waals surface area contributed by atoms with E-state index >= 15 is 0 Å². The number of benzene rings is 2. The average molecular weight is 254 g/mol. The molecule has 1 heterocycles. The monoisotopic (exact) mass is 254 g/mol. The minimum atomic E-state index is -0.117. The Kier molecular flexibility index (Phi) is 2.76. The largest absolute Gasteiger partial charge is 0.504 e. The fraction of sp³-hybridized carbons (Fsp3) is 0.0667. The van der Waals surface area contributed by atoms with Gasteiger partial charge < -0.3 is 15.6 Å². The van der Waals surface area contributed by atoms with Crippen LogP contribution in [0.15, 0.2) is 54.7 Å². The van der Waals surface area contributed by atoms with Gasteiger partial charge in [-0.2, -0.15) is 0 Å². The van der Waals surface area contributed by atoms with Crippen molar-refractivity contribution in [3.05, 3.63) is 60.3 Å². The van der Waals surface area contributed by atoms with Crippen LogP contribution in [0.2, 0.25) is 0 Å². The Hall–Kier alpha value is -2.62. The third kappa shape index (κ3) is 2.20. The van der Waals surface area contributed by atoms with Crippen LogP contribution in [-0.2, 0) is 6.54 Å². The maximum absolute atomic E-state index is 9.55. The average Bonchev–Trinajstić information content (AvgIpc) is 2.80. The molecule has 3 aromatic rings. The summed E-state index contributed by atoms with van der Waals surface area (Å²) < 4.78 is 1.83. The van der Waals surface area contributed by atoms with Crippen molar-refractivity contribution < 1.29 is 10.2 Å². The molecule has 4 nitrogen and oxygen atoms in total. The lowest BCUT2D eigenvalue weighted by Gasteiger charge is -2.10. The van der Waals surface area contributed by atoms with E-state index in [9.17, 15) is 10.2 Å². The molecule has 0 aliphatic carbocycles. The highest BCUT2D eigenvalue weighted by atomic mass is 16.3. The van der Waals surface area contributed by atoms with Gasteiger partial charge >= 0.3 is 0 Å². The van der Waals surface area contributed by atoms with Gasteiger partial charge in [0.25, 0.3) is 0 Å². The van der Waals surface area contributed by atoms with Gasteiger partial charge in [-0.3, -0.25) is 4.68 Å². The SMILES string of the molecule is Oc1cc2ccn(NCc3ccccc3)c2cc1O. The molecule has 0 spiro atoms. The normalized spacial score (nSPS) is 10.7. The summed E-state index contributed by atoms with van der Waals surface area (Å²) in [6.07, 6.45) is 1.87. The van der Waals surface area contributed by atoms with Gasteiger partial charge in [-0.1, -0.05) is 30.3 Å². The Morgan fingerprint density at radius 3 is 2.47 bits per heavy atom. The van der Waals surface area contributed by atoms with Crippen LogP contribution in [-0.4, -0.2) is 14.9 Å². The quantitative estimate of drug-likeness (QED) is 0.630. The molecule has 3 rings (SSSR count). The molecule has 3 N–H and O–H groups in total. The number of fused-ring (bicyclic) bond motifs is 1. The van der Waals surface area contributed by atoms with Crippen molar-refractivity contribution >= 4 is 10.9 Å². The first-order valence-electron chi connectivity index (χ1n) is 6.05. The Morgan fingerprint density at radius 2 is 1.68 bits per heavy atom. The summed E-state index contributed by atoms with van der Waals surface area (Å²) in [5, 5.41) is 19.9. The van der Waals surface area contributed by atoms with Crippen molar-refractivity contribution in [1.29, 1.82) is 0 Å². The Labute approximate surface area is 110 Å². The van der Waals surface area contributed by atoms with Gasteiger partial charge in [-0.15, -0.1) is 0 Å². The van der Waals surface area contributed by atoms with E-state index in [2.05, 4.69) is 5.43 Å². The molecule has 0 aliphatic rings. The number of hydrogen-bond acceptors (Lipinski definition) is 3. The van der Waals surface area contributed by atoms with Gasteiger partial charge in [0.1, 0.15) is 0 Å². The van der Waals surface area contributed by atoms with E-state index in [1.54, 1.807) is 12.1 Å². The second kappa shape index (κ2) is 4.57. The first-order chi connectivity index (χ1) is 9.24. The molecule has 0 saturated carbocycles. The second-order valence-electron chi connectivity index (χ2n) is 4.41. The second-order valence-corrected chi connectivity index (χ2v) is 4.41. The summed E-state index contributed by atoms with van der Waals surface area (Å²) >= 11 is 0. The highest BCUT2D eigenvalue weighted by Crippen LogP contribution is 2.30. The van der Waals surface area contributed by atoms with Gasteiger partial charge in [0.15, 0.2) is 11.5 Å². The molecular formula is C15H14N2O2. The van der Waals surface area contributed by atoms with E-state index in [-0.39, 0.29) is 11.5 Å². The molecule has 96 valence electrons. The maximum Gasteiger partial charge on any atom is 0.159 e. The van der Waals surface area contributed by atoms with Crippen molar-refractivity contribution in [3.8, 4) is 11.5 Å². The Bertz CT molecular complexity index is 705. The standard InChI is InChI=1S/C15H14N2O2/c18-14-8-12-6-7-17(13(12)9-15(14)19)16-10-11-4-2-1-3-5-11/h1-9,16,18-19H,10H2. The van der Waals surface area contributed by atoms with E-state index < -0.39 is 0 Å². The smallest absolute Gasteiger partial charge is 0.159 e. The van der Waals surface area contributed by atoms with Crippen LogP contribution in [0.25, 0.3) is 10.9 Å². The summed E-state index contributed by atoms with van der Waals surface area (Å²) in [7, 11) is 0. The number of aromatic hydroxyl groups is 2. The summed E-state index contributed by atoms with van der Waals surface area (Å²) in [6, 6.07) is 15.0. The van der Waals surface area contributed by atoms with Gasteiger partial charge in [-0.05, 0) is 17.7 Å². The van der Waals surface area contributed by atoms with Crippen molar-refractivity contribution in [3.63, 3.8) is 0 Å². The molecule has 0 unspecified atom stereocenters. The zero-order chi connectivity index (χ0) is 13.2. The van der Waals surface area contributed by atoms with Crippen molar-refractivity contribution in [2.24, 2.45) is 0 Å². The molecule has 0 aliphatic heterocycles. The van der Waals surface area contributed by atoms with E-state index in [1.165, 1.54) is 5.56 Å². The summed E-state index contributed by atoms with van der Waals surface area (Å²) in [5.41, 5.74) is 5.25. The maximum atomic E-state index is 9.55. The number of nitrogens with one attached hydrogen (secondary N) is 1. The van der Waals surface area contributed by atoms with Crippen molar-refractivity contribution in [2.75, 3.05) is 5.43 Å². The van der Waals surface area contributed by atoms with Crippen molar-refractivity contribution in [1.82, 2.24) is 4.68 Å². The summed E-state index contributed by atoms with van der Waals surface area (Å²) in [4.78, 5) is 0. The molecule has 0 atom stereocenters. The number of nitrogens with zero attached hydrogens (tertiary/aromatic N) is 1. The lowest BCUT2D eigenvalue weighted by molar-refractivity contribution is 0.404. The molecule has 1 aromatic heterocycles. The van der Waals surface area contributed by atoms with E-state index in [1.807, 2.05) is 47.3 Å². The van der Waals surface area contributed by atoms with E-state index in [0.717, 1.165) is 10.9 Å². The predicted octanol–water partition coefficient (Wildman–Crippen LogP) is 2.80. The first kappa shape index (κ1) is 11.5. The molecular weight excluding hydrogens is 240 g/mol. The van der Waals surface area contributed by atoms with Crippen LogP contribution in [0.4, 0.5) is 0 Å². The van der Waals surface area contributed by atoms with Crippen LogP contribution in [0.5, 0.6) is 11.5 Å². The summed E-state index contributed by atoms with van der Waals surface area (Å²) in [5.74, 6) is -0.220. The van der Waals surface area contributed by atoms with Crippen LogP contribution >= 0.6 is 0 Å². The minimum absolute atomic E-state index is 0.103. The van der Waals surface area contributed by atoms with Crippen LogP contribution < -0.4 is 5.43 Å². The molecule has 4 heteroatoms. The van der Waals surface area contributed by atoms with Crippen LogP contribution in [0.3, 0.4) is 0 Å². The highest BCUT2D eigenvalue weighted by molar-refractivity contribution is 5.84. The number of rotatable bonds is 3. The molecule has 19 heavy (non-hydrogen) atoms. The molecule has 0 bridgehead atoms. The molecule has 0 fully saturated rings. The summed E-state index contributed by atoms with van der Waals surface area (Å²) in [6.45, 7) is 0.687. The molecule has 2 aromatic carbocycles. The lowest BCUT2D eigenvalue weighted by Crippen LogP contribution is -2.12. The van der Waals surface area contributed by atoms with Crippen molar-refractivity contribution in [2.45, 2.75) is 6.54 Å². The third-order valence-electron chi connectivity index (χ3n) is 3.08. The first-order valence-corrected chi connectivity index (χ1v) is 6.05. The Balaban J connectivity index is 1.87. The Morgan fingerprint density at radius 1 is 0.947 bits per heavy atom. The topological polar surface area (TPSA) is 57.4 Å². The number of phenolic OH excluding ortho intramolecular Hbond substituents is 2. The number of hydrogen-bond donors (Lipinski definition) is 3. The van der Waals surface area contributed by atoms with E-state index in [4.69, 9.17) is 0 Å². The zero-order valence-corrected chi connectivity index (χ0v) is 10.2. The number of phenols is 2. The molecule has 0 amide bonds. The van der Waals surface area contributed by atoms with Gasteiger partial charge in [-0.25, -0.2) is 0 Å². The van der Waals surface area contributed by atoms with Gasteiger partial charge in [0.05, 0.1) is 12.1 Å². The van der Waals surface area contributed by atoms with Gasteiger partial charge in [0, 0.05) is 17.6 Å². The third-order valence-corrected chi connectivity index (χ3v) is 3.08. The molecule has 0 radical (unpaired) electrons. The number of aromatic nitrogens is 1. The highest BCUT2D eigenvalue weighted by Gasteiger charge is 2.06. The van der Waals surface area contributed by atoms with Crippen LogP contribution in [0, 0.1) is 0 Å². The fourth-order valence-electron chi connectivity index (χ4n) is 2.07.